The first kappa shape index (κ1) is 23.2. The summed E-state index contributed by atoms with van der Waals surface area (Å²) < 4.78 is 34.5. The summed E-state index contributed by atoms with van der Waals surface area (Å²) >= 11 is 0. The van der Waals surface area contributed by atoms with E-state index >= 15 is 0 Å². The molecule has 0 aromatic heterocycles. The van der Waals surface area contributed by atoms with Gasteiger partial charge in [0.15, 0.2) is 0 Å². The monoisotopic (exact) mass is 430 g/mol. The van der Waals surface area contributed by atoms with Crippen LogP contribution in [0.4, 0.5) is 8.78 Å². The maximum atomic E-state index is 12.6. The van der Waals surface area contributed by atoms with Crippen molar-refractivity contribution < 1.29 is 23.0 Å². The number of carbonyl (C=O) groups is 1. The standard InChI is InChI=1S/C26H32F2O3/c1-2-3-4-5-6-19-7-9-22(10-8-19)25(29)30-23-15-11-20(12-16-23)21-13-17-24(18-14-21)31-26(27)28/h11-19,22,26H,2-10H2,1H3. The van der Waals surface area contributed by atoms with Gasteiger partial charge < -0.3 is 9.47 Å². The maximum absolute atomic E-state index is 12.6. The predicted molar refractivity (Wildman–Crippen MR) is 118 cm³/mol. The second-order valence-corrected chi connectivity index (χ2v) is 8.42. The smallest absolute Gasteiger partial charge is 0.387 e. The molecule has 5 heteroatoms. The highest BCUT2D eigenvalue weighted by Gasteiger charge is 2.27. The minimum absolute atomic E-state index is 0.00560. The number of unbranched alkanes of at least 4 members (excludes halogenated alkanes) is 3. The number of ether oxygens (including phenoxy) is 2. The molecule has 0 unspecified atom stereocenters. The van der Waals surface area contributed by atoms with Crippen molar-refractivity contribution in [2.75, 3.05) is 0 Å². The fraction of sp³-hybridized carbons (Fsp3) is 0.500. The normalized spacial score (nSPS) is 18.7. The van der Waals surface area contributed by atoms with Gasteiger partial charge in [-0.3, -0.25) is 4.79 Å². The van der Waals surface area contributed by atoms with Gasteiger partial charge in [0.25, 0.3) is 0 Å². The second kappa shape index (κ2) is 11.8. The molecule has 0 amide bonds. The third-order valence-corrected chi connectivity index (χ3v) is 6.13. The van der Waals surface area contributed by atoms with Crippen molar-refractivity contribution in [1.29, 1.82) is 0 Å². The molecule has 3 nitrogen and oxygen atoms in total. The molecule has 0 aliphatic heterocycles. The summed E-state index contributed by atoms with van der Waals surface area (Å²) in [5.74, 6) is 1.28. The maximum Gasteiger partial charge on any atom is 0.387 e. The van der Waals surface area contributed by atoms with E-state index in [0.717, 1.165) is 42.7 Å². The number of alkyl halides is 2. The minimum atomic E-state index is -2.83. The fourth-order valence-corrected chi connectivity index (χ4v) is 4.29. The Kier molecular flexibility index (Phi) is 8.86. The van der Waals surface area contributed by atoms with Crippen LogP contribution in [0.25, 0.3) is 11.1 Å². The van der Waals surface area contributed by atoms with Gasteiger partial charge >= 0.3 is 12.6 Å². The van der Waals surface area contributed by atoms with E-state index in [4.69, 9.17) is 4.74 Å². The Labute approximate surface area is 183 Å². The van der Waals surface area contributed by atoms with Crippen LogP contribution in [0.3, 0.4) is 0 Å². The van der Waals surface area contributed by atoms with Gasteiger partial charge in [0, 0.05) is 0 Å². The molecule has 0 heterocycles. The fourth-order valence-electron chi connectivity index (χ4n) is 4.29. The van der Waals surface area contributed by atoms with Crippen molar-refractivity contribution in [1.82, 2.24) is 0 Å². The molecule has 0 bridgehead atoms. The number of hydrogen-bond acceptors (Lipinski definition) is 3. The van der Waals surface area contributed by atoms with Gasteiger partial charge in [-0.15, -0.1) is 0 Å². The van der Waals surface area contributed by atoms with Gasteiger partial charge in [-0.2, -0.15) is 8.78 Å². The van der Waals surface area contributed by atoms with Gasteiger partial charge in [0.1, 0.15) is 11.5 Å². The lowest BCUT2D eigenvalue weighted by Crippen LogP contribution is -2.25. The van der Waals surface area contributed by atoms with E-state index in [1.807, 2.05) is 12.1 Å². The van der Waals surface area contributed by atoms with E-state index in [9.17, 15) is 13.6 Å². The minimum Gasteiger partial charge on any atom is -0.435 e. The van der Waals surface area contributed by atoms with Crippen LogP contribution in [0.1, 0.15) is 64.7 Å². The summed E-state index contributed by atoms with van der Waals surface area (Å²) in [6.45, 7) is -0.601. The quantitative estimate of drug-likeness (QED) is 0.221. The van der Waals surface area contributed by atoms with Gasteiger partial charge in [-0.05, 0) is 67.0 Å². The first-order valence-corrected chi connectivity index (χ1v) is 11.4. The Morgan fingerprint density at radius 3 is 2.00 bits per heavy atom. The third-order valence-electron chi connectivity index (χ3n) is 6.13. The lowest BCUT2D eigenvalue weighted by molar-refractivity contribution is -0.140. The molecule has 0 radical (unpaired) electrons. The van der Waals surface area contributed by atoms with Gasteiger partial charge in [-0.1, -0.05) is 63.3 Å². The van der Waals surface area contributed by atoms with E-state index in [0.29, 0.717) is 5.75 Å². The van der Waals surface area contributed by atoms with Gasteiger partial charge in [0.05, 0.1) is 5.92 Å². The zero-order valence-electron chi connectivity index (χ0n) is 18.2. The first-order chi connectivity index (χ1) is 15.0. The summed E-state index contributed by atoms with van der Waals surface area (Å²) in [6, 6.07) is 13.7. The topological polar surface area (TPSA) is 35.5 Å². The van der Waals surface area contributed by atoms with Crippen molar-refractivity contribution in [2.45, 2.75) is 71.3 Å². The van der Waals surface area contributed by atoms with Crippen LogP contribution in [0, 0.1) is 11.8 Å². The first-order valence-electron chi connectivity index (χ1n) is 11.4. The lowest BCUT2D eigenvalue weighted by Gasteiger charge is -2.27. The number of hydrogen-bond donors (Lipinski definition) is 0. The van der Waals surface area contributed by atoms with Crippen LogP contribution in [0.2, 0.25) is 0 Å². The molecular weight excluding hydrogens is 398 g/mol. The molecule has 2 aromatic carbocycles. The van der Waals surface area contributed by atoms with E-state index in [-0.39, 0.29) is 17.6 Å². The number of carbonyl (C=O) groups excluding carboxylic acids is 1. The summed E-state index contributed by atoms with van der Waals surface area (Å²) in [4.78, 5) is 12.6. The van der Waals surface area contributed by atoms with Crippen LogP contribution in [-0.2, 0) is 4.79 Å². The van der Waals surface area contributed by atoms with E-state index < -0.39 is 6.61 Å². The van der Waals surface area contributed by atoms with Crippen molar-refractivity contribution in [2.24, 2.45) is 11.8 Å². The van der Waals surface area contributed by atoms with E-state index in [1.165, 1.54) is 44.2 Å². The summed E-state index contributed by atoms with van der Waals surface area (Å²) in [5, 5.41) is 0. The average molecular weight is 431 g/mol. The molecule has 1 saturated carbocycles. The third kappa shape index (κ3) is 7.34. The molecule has 0 atom stereocenters. The molecule has 1 aliphatic rings. The van der Waals surface area contributed by atoms with Crippen molar-refractivity contribution in [3.8, 4) is 22.6 Å². The largest absolute Gasteiger partial charge is 0.435 e. The van der Waals surface area contributed by atoms with E-state index in [1.54, 1.807) is 24.3 Å². The SMILES string of the molecule is CCCCCCC1CCC(C(=O)Oc2ccc(-c3ccc(OC(F)F)cc3)cc2)CC1. The van der Waals surface area contributed by atoms with Crippen LogP contribution >= 0.6 is 0 Å². The van der Waals surface area contributed by atoms with Crippen LogP contribution in [0.5, 0.6) is 11.5 Å². The second-order valence-electron chi connectivity index (χ2n) is 8.42. The summed E-state index contributed by atoms with van der Waals surface area (Å²) in [5.41, 5.74) is 1.78. The number of rotatable bonds is 10. The molecule has 0 N–H and O–H groups in total. The molecule has 0 saturated heterocycles. The highest BCUT2D eigenvalue weighted by molar-refractivity contribution is 5.75. The lowest BCUT2D eigenvalue weighted by atomic mass is 9.80. The Morgan fingerprint density at radius 2 is 1.45 bits per heavy atom. The number of benzene rings is 2. The summed E-state index contributed by atoms with van der Waals surface area (Å²) in [6.07, 6.45) is 10.6. The van der Waals surface area contributed by atoms with Crippen LogP contribution < -0.4 is 9.47 Å². The molecule has 168 valence electrons. The molecule has 1 fully saturated rings. The summed E-state index contributed by atoms with van der Waals surface area (Å²) in [7, 11) is 0. The van der Waals surface area contributed by atoms with Crippen molar-refractivity contribution in [3.63, 3.8) is 0 Å². The molecule has 2 aromatic rings. The van der Waals surface area contributed by atoms with Crippen LogP contribution in [0.15, 0.2) is 48.5 Å². The molecular formula is C26H32F2O3. The predicted octanol–water partition coefficient (Wildman–Crippen LogP) is 7.64. The van der Waals surface area contributed by atoms with Gasteiger partial charge in [-0.25, -0.2) is 0 Å². The Balaban J connectivity index is 1.46. The number of halogens is 2. The Morgan fingerprint density at radius 1 is 0.871 bits per heavy atom. The molecule has 1 aliphatic carbocycles. The Bertz CT molecular complexity index is 794. The number of esters is 1. The van der Waals surface area contributed by atoms with Crippen molar-refractivity contribution >= 4 is 5.97 Å². The van der Waals surface area contributed by atoms with Crippen molar-refractivity contribution in [3.05, 3.63) is 48.5 Å². The Hall–Kier alpha value is -2.43. The average Bonchev–Trinajstić information content (AvgIpc) is 2.78. The van der Waals surface area contributed by atoms with Crippen LogP contribution in [-0.4, -0.2) is 12.6 Å². The van der Waals surface area contributed by atoms with Gasteiger partial charge in [0.2, 0.25) is 0 Å². The zero-order chi connectivity index (χ0) is 22.1. The molecule has 0 spiro atoms. The van der Waals surface area contributed by atoms with E-state index in [2.05, 4.69) is 11.7 Å². The highest BCUT2D eigenvalue weighted by atomic mass is 19.3. The highest BCUT2D eigenvalue weighted by Crippen LogP contribution is 2.33. The zero-order valence-corrected chi connectivity index (χ0v) is 18.2. The molecule has 3 rings (SSSR count). The molecule has 31 heavy (non-hydrogen) atoms.